The molecule has 1 aliphatic heterocycles. The standard InChI is InChI=1S/C23H28N6O2/c1-15-25-18-11-20(29-9-10-31-19(14-29)17-12-24-27(2)13-17)26-22(16-7-5-4-6-8-16)21(18)23(30)28(15)3/h7,11-13,19H,4-6,8-10,14H2,1-3H3/t19-/m1/s1. The van der Waals surface area contributed by atoms with Crippen molar-refractivity contribution in [1.29, 1.82) is 0 Å². The van der Waals surface area contributed by atoms with Crippen molar-refractivity contribution in [2.75, 3.05) is 24.6 Å². The van der Waals surface area contributed by atoms with Gasteiger partial charge in [0.1, 0.15) is 17.7 Å². The molecule has 3 aromatic heterocycles. The molecule has 3 aromatic rings. The second-order valence-electron chi connectivity index (χ2n) is 8.47. The highest BCUT2D eigenvalue weighted by molar-refractivity contribution is 5.91. The Kier molecular flexibility index (Phi) is 5.09. The highest BCUT2D eigenvalue weighted by Crippen LogP contribution is 2.32. The summed E-state index contributed by atoms with van der Waals surface area (Å²) in [7, 11) is 3.69. The Morgan fingerprint density at radius 2 is 2.06 bits per heavy atom. The maximum absolute atomic E-state index is 13.2. The molecule has 2 aliphatic rings. The van der Waals surface area contributed by atoms with Gasteiger partial charge in [0.25, 0.3) is 5.56 Å². The lowest BCUT2D eigenvalue weighted by atomic mass is 9.95. The van der Waals surface area contributed by atoms with Crippen LogP contribution in [0.1, 0.15) is 48.9 Å². The van der Waals surface area contributed by atoms with Gasteiger partial charge in [0, 0.05) is 45.0 Å². The minimum absolute atomic E-state index is 0.0294. The van der Waals surface area contributed by atoms with Crippen LogP contribution in [0.4, 0.5) is 5.82 Å². The summed E-state index contributed by atoms with van der Waals surface area (Å²) >= 11 is 0. The van der Waals surface area contributed by atoms with Crippen LogP contribution in [-0.4, -0.2) is 44.0 Å². The molecule has 1 saturated heterocycles. The van der Waals surface area contributed by atoms with Gasteiger partial charge in [0.2, 0.25) is 0 Å². The van der Waals surface area contributed by atoms with Gasteiger partial charge in [0.15, 0.2) is 0 Å². The van der Waals surface area contributed by atoms with Crippen molar-refractivity contribution < 1.29 is 4.74 Å². The summed E-state index contributed by atoms with van der Waals surface area (Å²) in [6, 6.07) is 1.96. The number of hydrogen-bond acceptors (Lipinski definition) is 6. The van der Waals surface area contributed by atoms with E-state index in [-0.39, 0.29) is 11.7 Å². The average Bonchev–Trinajstić information content (AvgIpc) is 3.24. The SMILES string of the molecule is Cc1nc2cc(N3CCO[C@@H](c4cnn(C)c4)C3)nc(C3=CCCCC3)c2c(=O)n1C. The number of pyridine rings is 1. The molecule has 8 heteroatoms. The van der Waals surface area contributed by atoms with Crippen LogP contribution in [0.3, 0.4) is 0 Å². The summed E-state index contributed by atoms with van der Waals surface area (Å²) in [5.41, 5.74) is 3.71. The molecule has 0 N–H and O–H groups in total. The van der Waals surface area contributed by atoms with Crippen LogP contribution >= 0.6 is 0 Å². The van der Waals surface area contributed by atoms with Gasteiger partial charge in [-0.2, -0.15) is 5.10 Å². The molecule has 1 aliphatic carbocycles. The Labute approximate surface area is 181 Å². The van der Waals surface area contributed by atoms with E-state index in [2.05, 4.69) is 16.1 Å². The van der Waals surface area contributed by atoms with Crippen LogP contribution in [0.2, 0.25) is 0 Å². The van der Waals surface area contributed by atoms with Gasteiger partial charge in [-0.1, -0.05) is 6.08 Å². The topological polar surface area (TPSA) is 78.1 Å². The molecule has 0 spiro atoms. The first-order valence-electron chi connectivity index (χ1n) is 10.9. The number of allylic oxidation sites excluding steroid dienone is 2. The molecular weight excluding hydrogens is 392 g/mol. The molecule has 162 valence electrons. The third kappa shape index (κ3) is 3.65. The smallest absolute Gasteiger partial charge is 0.263 e. The number of aromatic nitrogens is 5. The van der Waals surface area contributed by atoms with E-state index >= 15 is 0 Å². The van der Waals surface area contributed by atoms with Crippen molar-refractivity contribution in [3.8, 4) is 0 Å². The van der Waals surface area contributed by atoms with E-state index in [9.17, 15) is 4.79 Å². The van der Waals surface area contributed by atoms with Gasteiger partial charge >= 0.3 is 0 Å². The minimum Gasteiger partial charge on any atom is -0.370 e. The van der Waals surface area contributed by atoms with Gasteiger partial charge in [0.05, 0.1) is 29.4 Å². The van der Waals surface area contributed by atoms with Crippen molar-refractivity contribution in [3.63, 3.8) is 0 Å². The molecule has 0 bridgehead atoms. The number of rotatable bonds is 3. The van der Waals surface area contributed by atoms with E-state index in [0.717, 1.165) is 54.0 Å². The quantitative estimate of drug-likeness (QED) is 0.648. The molecule has 31 heavy (non-hydrogen) atoms. The molecule has 1 atom stereocenters. The van der Waals surface area contributed by atoms with Crippen molar-refractivity contribution in [2.45, 2.75) is 38.7 Å². The van der Waals surface area contributed by atoms with Crippen LogP contribution in [-0.2, 0) is 18.8 Å². The first kappa shape index (κ1) is 19.9. The Balaban J connectivity index is 1.61. The van der Waals surface area contributed by atoms with Gasteiger partial charge < -0.3 is 9.64 Å². The van der Waals surface area contributed by atoms with E-state index in [1.165, 1.54) is 6.42 Å². The van der Waals surface area contributed by atoms with Gasteiger partial charge in [-0.25, -0.2) is 9.97 Å². The number of nitrogens with zero attached hydrogens (tertiary/aromatic N) is 6. The van der Waals surface area contributed by atoms with E-state index in [1.54, 1.807) is 16.3 Å². The Morgan fingerprint density at radius 3 is 2.81 bits per heavy atom. The van der Waals surface area contributed by atoms with E-state index in [0.29, 0.717) is 24.4 Å². The Bertz CT molecular complexity index is 1220. The summed E-state index contributed by atoms with van der Waals surface area (Å²) in [6.07, 6.45) is 10.3. The minimum atomic E-state index is -0.0596. The lowest BCUT2D eigenvalue weighted by molar-refractivity contribution is 0.0395. The van der Waals surface area contributed by atoms with Gasteiger partial charge in [-0.3, -0.25) is 14.0 Å². The fourth-order valence-corrected chi connectivity index (χ4v) is 4.49. The fourth-order valence-electron chi connectivity index (χ4n) is 4.49. The third-order valence-electron chi connectivity index (χ3n) is 6.35. The zero-order valence-corrected chi connectivity index (χ0v) is 18.3. The molecule has 5 rings (SSSR count). The molecule has 0 amide bonds. The molecule has 0 saturated carbocycles. The Hall–Kier alpha value is -3.00. The molecule has 0 aromatic carbocycles. The van der Waals surface area contributed by atoms with Gasteiger partial charge in [-0.05, 0) is 38.2 Å². The summed E-state index contributed by atoms with van der Waals surface area (Å²) in [5, 5.41) is 4.91. The fraction of sp³-hybridized carbons (Fsp3) is 0.478. The lowest BCUT2D eigenvalue weighted by Crippen LogP contribution is -2.39. The number of anilines is 1. The van der Waals surface area contributed by atoms with Crippen molar-refractivity contribution in [2.24, 2.45) is 14.1 Å². The maximum Gasteiger partial charge on any atom is 0.263 e. The second-order valence-corrected chi connectivity index (χ2v) is 8.47. The highest BCUT2D eigenvalue weighted by Gasteiger charge is 2.26. The van der Waals surface area contributed by atoms with Crippen LogP contribution in [0, 0.1) is 6.92 Å². The first-order valence-corrected chi connectivity index (χ1v) is 10.9. The van der Waals surface area contributed by atoms with Crippen LogP contribution in [0.25, 0.3) is 16.5 Å². The third-order valence-corrected chi connectivity index (χ3v) is 6.35. The summed E-state index contributed by atoms with van der Waals surface area (Å²) in [6.45, 7) is 3.91. The predicted molar refractivity (Wildman–Crippen MR) is 120 cm³/mol. The van der Waals surface area contributed by atoms with Gasteiger partial charge in [-0.15, -0.1) is 0 Å². The normalized spacial score (nSPS) is 19.6. The zero-order valence-electron chi connectivity index (χ0n) is 18.3. The second kappa shape index (κ2) is 7.92. The molecule has 0 unspecified atom stereocenters. The van der Waals surface area contributed by atoms with Crippen molar-refractivity contribution in [1.82, 2.24) is 24.3 Å². The Morgan fingerprint density at radius 1 is 1.19 bits per heavy atom. The van der Waals surface area contributed by atoms with E-state index in [4.69, 9.17) is 14.7 Å². The molecule has 1 fully saturated rings. The van der Waals surface area contributed by atoms with E-state index in [1.807, 2.05) is 32.4 Å². The van der Waals surface area contributed by atoms with Crippen LogP contribution in [0.5, 0.6) is 0 Å². The predicted octanol–water partition coefficient (Wildman–Crippen LogP) is 2.91. The number of ether oxygens (including phenoxy) is 1. The van der Waals surface area contributed by atoms with Crippen LogP contribution in [0.15, 0.2) is 29.3 Å². The maximum atomic E-state index is 13.2. The zero-order chi connectivity index (χ0) is 21.5. The lowest BCUT2D eigenvalue weighted by Gasteiger charge is -2.33. The summed E-state index contributed by atoms with van der Waals surface area (Å²) in [4.78, 5) is 25.2. The van der Waals surface area contributed by atoms with Crippen molar-refractivity contribution >= 4 is 22.3 Å². The largest absolute Gasteiger partial charge is 0.370 e. The summed E-state index contributed by atoms with van der Waals surface area (Å²) < 4.78 is 9.42. The number of aryl methyl sites for hydroxylation is 2. The first-order chi connectivity index (χ1) is 15.0. The van der Waals surface area contributed by atoms with Crippen LogP contribution < -0.4 is 10.5 Å². The summed E-state index contributed by atoms with van der Waals surface area (Å²) in [5.74, 6) is 1.56. The molecule has 4 heterocycles. The average molecular weight is 421 g/mol. The number of hydrogen-bond donors (Lipinski definition) is 0. The molecular formula is C23H28N6O2. The number of fused-ring (bicyclic) bond motifs is 1. The molecule has 8 nitrogen and oxygen atoms in total. The monoisotopic (exact) mass is 420 g/mol. The highest BCUT2D eigenvalue weighted by atomic mass is 16.5. The van der Waals surface area contributed by atoms with E-state index < -0.39 is 0 Å². The molecule has 0 radical (unpaired) electrons. The van der Waals surface area contributed by atoms with Crippen molar-refractivity contribution in [3.05, 3.63) is 52.0 Å². The number of morpholine rings is 1.